The number of halogens is 3. The molecule has 9 nitrogen and oxygen atoms in total. The molecule has 210 valence electrons. The van der Waals surface area contributed by atoms with Crippen molar-refractivity contribution in [1.29, 1.82) is 0 Å². The number of thiazole rings is 1. The Kier molecular flexibility index (Phi) is 6.87. The number of carbonyl (C=O) groups excluding carboxylic acids is 1. The number of imidazole rings is 1. The second-order valence-corrected chi connectivity index (χ2v) is 10.6. The lowest BCUT2D eigenvalue weighted by molar-refractivity contribution is -0.137. The van der Waals surface area contributed by atoms with Crippen LogP contribution in [-0.2, 0) is 19.2 Å². The van der Waals surface area contributed by atoms with E-state index in [0.29, 0.717) is 61.0 Å². The number of alkyl halides is 3. The van der Waals surface area contributed by atoms with Crippen molar-refractivity contribution in [2.24, 2.45) is 0 Å². The molecule has 6 rings (SSSR count). The van der Waals surface area contributed by atoms with Crippen LogP contribution in [0.5, 0.6) is 16.7 Å². The van der Waals surface area contributed by atoms with Crippen molar-refractivity contribution < 1.29 is 36.6 Å². The highest BCUT2D eigenvalue weighted by Crippen LogP contribution is 2.38. The number of rotatable bonds is 9. The Balaban J connectivity index is 1.21. The van der Waals surface area contributed by atoms with Crippen LogP contribution in [0.2, 0.25) is 0 Å². The van der Waals surface area contributed by atoms with Gasteiger partial charge in [-0.05, 0) is 28.5 Å². The number of ether oxygens (including phenoxy) is 3. The second-order valence-electron chi connectivity index (χ2n) is 8.82. The number of methoxy groups -OCH3 is 2. The zero-order valence-corrected chi connectivity index (χ0v) is 23.0. The Hall–Kier alpha value is -4.43. The molecule has 0 spiro atoms. The van der Waals surface area contributed by atoms with Crippen LogP contribution in [0.1, 0.15) is 26.6 Å². The largest absolute Gasteiger partial charge is 0.496 e. The first-order chi connectivity index (χ1) is 19.7. The highest BCUT2D eigenvalue weighted by Gasteiger charge is 2.35. The molecule has 0 fully saturated rings. The number of ketones is 1. The quantitative estimate of drug-likeness (QED) is 0.169. The summed E-state index contributed by atoms with van der Waals surface area (Å²) in [5, 5.41) is 5.58. The molecule has 4 heterocycles. The van der Waals surface area contributed by atoms with Gasteiger partial charge in [0.2, 0.25) is 4.96 Å². The molecule has 4 aromatic heterocycles. The third-order valence-electron chi connectivity index (χ3n) is 6.04. The van der Waals surface area contributed by atoms with Gasteiger partial charge in [-0.2, -0.15) is 13.2 Å². The molecule has 6 aromatic rings. The van der Waals surface area contributed by atoms with Crippen LogP contribution in [-0.4, -0.2) is 39.6 Å². The van der Waals surface area contributed by atoms with Gasteiger partial charge in [-0.25, -0.2) is 14.5 Å². The van der Waals surface area contributed by atoms with Crippen molar-refractivity contribution in [2.45, 2.75) is 19.2 Å². The summed E-state index contributed by atoms with van der Waals surface area (Å²) < 4.78 is 63.0. The first-order valence-electron chi connectivity index (χ1n) is 12.0. The van der Waals surface area contributed by atoms with E-state index < -0.39 is 17.0 Å². The van der Waals surface area contributed by atoms with Crippen LogP contribution >= 0.6 is 22.7 Å². The minimum atomic E-state index is -4.58. The number of benzene rings is 2. The Bertz CT molecular complexity index is 1860. The first-order valence-corrected chi connectivity index (χ1v) is 13.7. The molecule has 0 aliphatic carbocycles. The minimum Gasteiger partial charge on any atom is -0.496 e. The van der Waals surface area contributed by atoms with E-state index in [1.165, 1.54) is 18.4 Å². The number of Topliss-reactive ketones (excluding diaryl/α,β-unsaturated/α-hetero) is 1. The lowest BCUT2D eigenvalue weighted by Gasteiger charge is -2.10. The molecule has 2 aromatic carbocycles. The van der Waals surface area contributed by atoms with Crippen LogP contribution in [0.4, 0.5) is 13.2 Å². The fourth-order valence-corrected chi connectivity index (χ4v) is 5.52. The third kappa shape index (κ3) is 5.47. The molecule has 41 heavy (non-hydrogen) atoms. The summed E-state index contributed by atoms with van der Waals surface area (Å²) in [6.45, 7) is 0.156. The van der Waals surface area contributed by atoms with Crippen LogP contribution in [0.25, 0.3) is 27.4 Å². The van der Waals surface area contributed by atoms with Crippen molar-refractivity contribution >= 4 is 44.4 Å². The summed E-state index contributed by atoms with van der Waals surface area (Å²) in [5.41, 5.74) is 2.32. The van der Waals surface area contributed by atoms with Gasteiger partial charge in [0.05, 0.1) is 25.8 Å². The van der Waals surface area contributed by atoms with Crippen molar-refractivity contribution in [3.63, 3.8) is 0 Å². The summed E-state index contributed by atoms with van der Waals surface area (Å²) in [7, 11) is 3.08. The molecule has 0 amide bonds. The summed E-state index contributed by atoms with van der Waals surface area (Å²) in [6.07, 6.45) is -2.93. The number of hydrogen-bond acceptors (Lipinski definition) is 10. The summed E-state index contributed by atoms with van der Waals surface area (Å²) >= 11 is 1.71. The zero-order chi connectivity index (χ0) is 28.7. The lowest BCUT2D eigenvalue weighted by atomic mass is 10.0. The van der Waals surface area contributed by atoms with Crippen molar-refractivity contribution in [1.82, 2.24) is 19.6 Å². The van der Waals surface area contributed by atoms with Gasteiger partial charge in [-0.1, -0.05) is 24.3 Å². The Morgan fingerprint density at radius 2 is 1.90 bits per heavy atom. The maximum absolute atomic E-state index is 12.9. The van der Waals surface area contributed by atoms with Crippen molar-refractivity contribution in [3.05, 3.63) is 75.9 Å². The van der Waals surface area contributed by atoms with E-state index in [-0.39, 0.29) is 18.7 Å². The minimum absolute atomic E-state index is 0.0911. The molecule has 0 saturated heterocycles. The van der Waals surface area contributed by atoms with Gasteiger partial charge in [-0.15, -0.1) is 16.4 Å². The summed E-state index contributed by atoms with van der Waals surface area (Å²) in [6, 6.07) is 12.4. The van der Waals surface area contributed by atoms with E-state index >= 15 is 0 Å². The molecule has 0 atom stereocenters. The molecule has 0 saturated carbocycles. The zero-order valence-electron chi connectivity index (χ0n) is 21.4. The molecule has 0 bridgehead atoms. The molecular formula is C27H19F3N4O5S2. The molecule has 0 radical (unpaired) electrons. The number of nitrogens with zero attached hydrogens (tertiary/aromatic N) is 4. The lowest BCUT2D eigenvalue weighted by Crippen LogP contribution is -2.08. The fraction of sp³-hybridized carbons (Fsp3) is 0.185. The van der Waals surface area contributed by atoms with E-state index in [1.54, 1.807) is 48.2 Å². The van der Waals surface area contributed by atoms with E-state index in [2.05, 4.69) is 15.1 Å². The summed E-state index contributed by atoms with van der Waals surface area (Å²) in [4.78, 5) is 21.2. The Labute approximate surface area is 237 Å². The van der Waals surface area contributed by atoms with Crippen molar-refractivity contribution in [3.8, 4) is 28.1 Å². The van der Waals surface area contributed by atoms with Crippen LogP contribution < -0.4 is 14.2 Å². The van der Waals surface area contributed by atoms with Crippen LogP contribution in [0, 0.1) is 0 Å². The number of carbonyl (C=O) groups is 1. The monoisotopic (exact) mass is 600 g/mol. The Morgan fingerprint density at radius 3 is 2.63 bits per heavy atom. The van der Waals surface area contributed by atoms with Gasteiger partial charge in [0.1, 0.15) is 35.1 Å². The topological polar surface area (TPSA) is 101 Å². The predicted molar refractivity (Wildman–Crippen MR) is 145 cm³/mol. The average Bonchev–Trinajstić information content (AvgIpc) is 3.73. The summed E-state index contributed by atoms with van der Waals surface area (Å²) in [5.74, 6) is 1.07. The Morgan fingerprint density at radius 1 is 1.07 bits per heavy atom. The third-order valence-corrected chi connectivity index (χ3v) is 7.81. The maximum Gasteiger partial charge on any atom is 0.443 e. The molecule has 0 aliphatic heterocycles. The molecule has 0 unspecified atom stereocenters. The molecule has 0 N–H and O–H groups in total. The SMILES string of the molecule is COc1cc(OCc2cccc(CC(=O)c3csc(C(F)(F)F)n3)c2)c2cc(-c3cn4nc(OC)sc4n3)oc2c1. The fourth-order valence-electron chi connectivity index (χ4n) is 4.13. The van der Waals surface area contributed by atoms with E-state index in [0.717, 1.165) is 10.9 Å². The smallest absolute Gasteiger partial charge is 0.443 e. The van der Waals surface area contributed by atoms with Gasteiger partial charge in [0.25, 0.3) is 5.19 Å². The molecule has 0 aliphatic rings. The van der Waals surface area contributed by atoms with Gasteiger partial charge < -0.3 is 18.6 Å². The predicted octanol–water partition coefficient (Wildman–Crippen LogP) is 6.70. The first kappa shape index (κ1) is 26.8. The number of fused-ring (bicyclic) bond motifs is 2. The standard InChI is InChI=1S/C27H19F3N4O5S2/c1-36-16-8-21(17-10-23(39-22(17)9-16)18-11-34-25(32-18)41-26(33-34)37-2)38-12-15-5-3-4-14(6-15)7-20(35)19-13-40-24(31-19)27(28,29)30/h3-6,8-11,13H,7,12H2,1-2H3. The molecule has 14 heteroatoms. The van der Waals surface area contributed by atoms with E-state index in [4.69, 9.17) is 18.6 Å². The van der Waals surface area contributed by atoms with Crippen molar-refractivity contribution in [2.75, 3.05) is 14.2 Å². The van der Waals surface area contributed by atoms with Gasteiger partial charge >= 0.3 is 6.18 Å². The van der Waals surface area contributed by atoms with Gasteiger partial charge in [0, 0.05) is 23.9 Å². The van der Waals surface area contributed by atoms with E-state index in [1.807, 2.05) is 12.1 Å². The number of hydrogen-bond donors (Lipinski definition) is 0. The highest BCUT2D eigenvalue weighted by atomic mass is 32.1. The normalized spacial score (nSPS) is 11.8. The van der Waals surface area contributed by atoms with Crippen LogP contribution in [0.3, 0.4) is 0 Å². The number of aromatic nitrogens is 4. The van der Waals surface area contributed by atoms with Crippen LogP contribution in [0.15, 0.2) is 58.5 Å². The van der Waals surface area contributed by atoms with E-state index in [9.17, 15) is 18.0 Å². The van der Waals surface area contributed by atoms with Gasteiger partial charge in [-0.3, -0.25) is 4.79 Å². The average molecular weight is 601 g/mol. The molecular weight excluding hydrogens is 581 g/mol. The maximum atomic E-state index is 12.9. The highest BCUT2D eigenvalue weighted by molar-refractivity contribution is 7.18. The number of furan rings is 1. The second kappa shape index (κ2) is 10.5. The van der Waals surface area contributed by atoms with Gasteiger partial charge in [0.15, 0.2) is 16.6 Å².